The van der Waals surface area contributed by atoms with Gasteiger partial charge in [0.05, 0.1) is 18.8 Å². The van der Waals surface area contributed by atoms with Gasteiger partial charge in [0, 0.05) is 28.7 Å². The molecule has 2 aromatic rings. The van der Waals surface area contributed by atoms with Crippen LogP contribution in [0.2, 0.25) is 0 Å². The van der Waals surface area contributed by atoms with E-state index >= 15 is 0 Å². The summed E-state index contributed by atoms with van der Waals surface area (Å²) in [7, 11) is 1.43. The third-order valence-corrected chi connectivity index (χ3v) is 5.07. The molecule has 2 aliphatic carbocycles. The number of aliphatic hydroxyl groups excluding tert-OH is 1. The Morgan fingerprint density at radius 1 is 0.960 bits per heavy atom. The number of aliphatic hydroxyl groups is 1. The highest BCUT2D eigenvalue weighted by Crippen LogP contribution is 2.41. The highest BCUT2D eigenvalue weighted by Gasteiger charge is 2.40. The fourth-order valence-electron chi connectivity index (χ4n) is 3.80. The van der Waals surface area contributed by atoms with Crippen LogP contribution in [0.5, 0.6) is 5.75 Å². The maximum Gasteiger partial charge on any atom is 0.198 e. The lowest BCUT2D eigenvalue weighted by molar-refractivity contribution is 0.0745. The lowest BCUT2D eigenvalue weighted by atomic mass is 9.73. The summed E-state index contributed by atoms with van der Waals surface area (Å²) in [6.45, 7) is 1.79. The molecule has 126 valence electrons. The van der Waals surface area contributed by atoms with Gasteiger partial charge in [-0.15, -0.1) is 0 Å². The predicted molar refractivity (Wildman–Crippen MR) is 89.4 cm³/mol. The molecule has 25 heavy (non-hydrogen) atoms. The lowest BCUT2D eigenvalue weighted by Crippen LogP contribution is -2.30. The molecular formula is C20H16O5. The van der Waals surface area contributed by atoms with Crippen LogP contribution < -0.4 is 4.74 Å². The van der Waals surface area contributed by atoms with E-state index in [4.69, 9.17) is 4.74 Å². The Kier molecular flexibility index (Phi) is 3.37. The average Bonchev–Trinajstić information content (AvgIpc) is 2.62. The summed E-state index contributed by atoms with van der Waals surface area (Å²) in [6, 6.07) is 7.97. The van der Waals surface area contributed by atoms with Crippen molar-refractivity contribution in [3.63, 3.8) is 0 Å². The molecule has 0 spiro atoms. The van der Waals surface area contributed by atoms with Crippen LogP contribution in [0.3, 0.4) is 0 Å². The van der Waals surface area contributed by atoms with Crippen molar-refractivity contribution < 1.29 is 24.2 Å². The fraction of sp³-hybridized carbons (Fsp3) is 0.250. The van der Waals surface area contributed by atoms with E-state index in [1.54, 1.807) is 31.2 Å². The molecule has 0 bridgehead atoms. The van der Waals surface area contributed by atoms with Gasteiger partial charge in [0.25, 0.3) is 0 Å². The summed E-state index contributed by atoms with van der Waals surface area (Å²) in [5.74, 6) is -0.865. The number of rotatable bonds is 1. The zero-order valence-corrected chi connectivity index (χ0v) is 13.8. The molecule has 0 fully saturated rings. The smallest absolute Gasteiger partial charge is 0.198 e. The maximum atomic E-state index is 13.2. The van der Waals surface area contributed by atoms with Gasteiger partial charge >= 0.3 is 0 Å². The molecule has 2 aliphatic rings. The van der Waals surface area contributed by atoms with Crippen LogP contribution in [0.1, 0.15) is 67.2 Å². The number of carbonyl (C=O) groups excluding carboxylic acids is 3. The molecule has 5 nitrogen and oxygen atoms in total. The minimum absolute atomic E-state index is 0.0930. The topological polar surface area (TPSA) is 80.7 Å². The first-order valence-electron chi connectivity index (χ1n) is 8.10. The van der Waals surface area contributed by atoms with Gasteiger partial charge in [-0.25, -0.2) is 0 Å². The summed E-state index contributed by atoms with van der Waals surface area (Å²) in [5.41, 5.74) is 1.35. The third-order valence-electron chi connectivity index (χ3n) is 5.07. The number of ketones is 3. The van der Waals surface area contributed by atoms with E-state index in [9.17, 15) is 19.5 Å². The zero-order valence-electron chi connectivity index (χ0n) is 13.8. The van der Waals surface area contributed by atoms with Crippen LogP contribution in [0.25, 0.3) is 0 Å². The number of fused-ring (bicyclic) bond motifs is 4. The van der Waals surface area contributed by atoms with Crippen LogP contribution in [-0.4, -0.2) is 29.6 Å². The molecule has 2 aromatic carbocycles. The Labute approximate surface area is 144 Å². The number of benzene rings is 2. The summed E-state index contributed by atoms with van der Waals surface area (Å²) in [4.78, 5) is 38.7. The third kappa shape index (κ3) is 2.02. The maximum absolute atomic E-state index is 13.2. The number of hydrogen-bond acceptors (Lipinski definition) is 5. The molecule has 0 amide bonds. The average molecular weight is 336 g/mol. The molecule has 5 heteroatoms. The van der Waals surface area contributed by atoms with E-state index < -0.39 is 11.9 Å². The van der Waals surface area contributed by atoms with Gasteiger partial charge in [-0.2, -0.15) is 0 Å². The van der Waals surface area contributed by atoms with Crippen LogP contribution in [0.15, 0.2) is 30.3 Å². The number of methoxy groups -OCH3 is 1. The first-order valence-corrected chi connectivity index (χ1v) is 8.10. The Bertz CT molecular complexity index is 957. The predicted octanol–water partition coefficient (Wildman–Crippen LogP) is 2.73. The Hall–Kier alpha value is -2.79. The van der Waals surface area contributed by atoms with Gasteiger partial charge < -0.3 is 9.84 Å². The molecule has 4 rings (SSSR count). The molecule has 1 N–H and O–H groups in total. The number of hydrogen-bond donors (Lipinski definition) is 1. The van der Waals surface area contributed by atoms with Crippen molar-refractivity contribution in [2.45, 2.75) is 19.4 Å². The minimum atomic E-state index is -0.833. The van der Waals surface area contributed by atoms with Crippen LogP contribution >= 0.6 is 0 Å². The number of Topliss-reactive ketones (excluding diaryl/α,β-unsaturated/α-hetero) is 1. The molecule has 2 atom stereocenters. The van der Waals surface area contributed by atoms with Crippen molar-refractivity contribution in [2.24, 2.45) is 5.92 Å². The van der Waals surface area contributed by atoms with Crippen molar-refractivity contribution >= 4 is 17.3 Å². The van der Waals surface area contributed by atoms with Crippen molar-refractivity contribution in [3.8, 4) is 5.75 Å². The second-order valence-corrected chi connectivity index (χ2v) is 6.54. The summed E-state index contributed by atoms with van der Waals surface area (Å²) in [5, 5.41) is 10.4. The van der Waals surface area contributed by atoms with Crippen molar-refractivity contribution in [3.05, 3.63) is 63.7 Å². The largest absolute Gasteiger partial charge is 0.496 e. The summed E-state index contributed by atoms with van der Waals surface area (Å²) in [6.07, 6.45) is -0.690. The Morgan fingerprint density at radius 3 is 2.40 bits per heavy atom. The zero-order chi connectivity index (χ0) is 17.9. The second kappa shape index (κ2) is 5.36. The highest BCUT2D eigenvalue weighted by atomic mass is 16.5. The minimum Gasteiger partial charge on any atom is -0.496 e. The van der Waals surface area contributed by atoms with Crippen LogP contribution in [0, 0.1) is 5.92 Å². The van der Waals surface area contributed by atoms with Gasteiger partial charge in [0.1, 0.15) is 5.75 Å². The summed E-state index contributed by atoms with van der Waals surface area (Å²) < 4.78 is 5.25. The first-order chi connectivity index (χ1) is 12.0. The van der Waals surface area contributed by atoms with E-state index in [1.807, 2.05) is 0 Å². The van der Waals surface area contributed by atoms with E-state index in [2.05, 4.69) is 0 Å². The van der Waals surface area contributed by atoms with Gasteiger partial charge in [-0.1, -0.05) is 25.1 Å². The number of ether oxygens (including phenoxy) is 1. The molecule has 0 unspecified atom stereocenters. The van der Waals surface area contributed by atoms with Crippen molar-refractivity contribution in [2.75, 3.05) is 7.11 Å². The monoisotopic (exact) mass is 336 g/mol. The molecule has 0 aliphatic heterocycles. The molecule has 0 saturated heterocycles. The van der Waals surface area contributed by atoms with E-state index in [0.717, 1.165) is 0 Å². The van der Waals surface area contributed by atoms with Gasteiger partial charge in [-0.05, 0) is 23.6 Å². The molecule has 0 radical (unpaired) electrons. The van der Waals surface area contributed by atoms with E-state index in [-0.39, 0.29) is 51.7 Å². The molecular weight excluding hydrogens is 320 g/mol. The fourth-order valence-corrected chi connectivity index (χ4v) is 3.80. The van der Waals surface area contributed by atoms with Crippen LogP contribution in [-0.2, 0) is 0 Å². The van der Waals surface area contributed by atoms with Gasteiger partial charge in [0.2, 0.25) is 0 Å². The van der Waals surface area contributed by atoms with E-state index in [1.165, 1.54) is 13.2 Å². The van der Waals surface area contributed by atoms with Gasteiger partial charge in [-0.3, -0.25) is 14.4 Å². The molecule has 0 heterocycles. The molecule has 0 saturated carbocycles. The lowest BCUT2D eigenvalue weighted by Gasteiger charge is -2.30. The standard InChI is InChI=1S/C20H16O5/c1-9-8-13(21)15-11(18(9)22)6-7-12-17(15)20(24)16-10(19(12)23)4-3-5-14(16)25-2/h3-7,9,18,22H,8H2,1-2H3/t9-,18+/m1/s1. The molecule has 0 aromatic heterocycles. The Balaban J connectivity index is 2.04. The second-order valence-electron chi connectivity index (χ2n) is 6.54. The quantitative estimate of drug-likeness (QED) is 0.739. The highest BCUT2D eigenvalue weighted by molar-refractivity contribution is 6.32. The Morgan fingerprint density at radius 2 is 1.68 bits per heavy atom. The van der Waals surface area contributed by atoms with Crippen molar-refractivity contribution in [1.29, 1.82) is 0 Å². The normalized spacial score (nSPS) is 21.5. The first kappa shape index (κ1) is 15.7. The van der Waals surface area contributed by atoms with E-state index in [0.29, 0.717) is 11.3 Å². The van der Waals surface area contributed by atoms with Crippen LogP contribution in [0.4, 0.5) is 0 Å². The number of carbonyl (C=O) groups is 3. The van der Waals surface area contributed by atoms with Gasteiger partial charge in [0.15, 0.2) is 17.3 Å². The summed E-state index contributed by atoms with van der Waals surface area (Å²) >= 11 is 0. The van der Waals surface area contributed by atoms with Crippen molar-refractivity contribution in [1.82, 2.24) is 0 Å². The SMILES string of the molecule is COc1cccc2c1C(=O)c1c(ccc3c1C(=O)C[C@@H](C)[C@@H]3O)C2=O.